The van der Waals surface area contributed by atoms with Gasteiger partial charge in [-0.25, -0.2) is 4.39 Å². The summed E-state index contributed by atoms with van der Waals surface area (Å²) in [6.45, 7) is 1.94. The third-order valence-electron chi connectivity index (χ3n) is 2.68. The molecule has 98 valence electrons. The molecule has 0 amide bonds. The van der Waals surface area contributed by atoms with Crippen LogP contribution in [0.25, 0.3) is 0 Å². The summed E-state index contributed by atoms with van der Waals surface area (Å²) >= 11 is 0. The van der Waals surface area contributed by atoms with Crippen molar-refractivity contribution < 1.29 is 14.1 Å². The van der Waals surface area contributed by atoms with E-state index >= 15 is 0 Å². The first-order chi connectivity index (χ1) is 9.06. The van der Waals surface area contributed by atoms with E-state index in [-0.39, 0.29) is 18.1 Å². The number of rotatable bonds is 4. The van der Waals surface area contributed by atoms with Crippen molar-refractivity contribution in [3.8, 4) is 5.75 Å². The average Bonchev–Trinajstić information content (AvgIpc) is 2.37. The molecule has 5 heteroatoms. The van der Waals surface area contributed by atoms with Gasteiger partial charge in [0.2, 0.25) is 0 Å². The van der Waals surface area contributed by atoms with Crippen molar-refractivity contribution in [1.82, 2.24) is 0 Å². The molecule has 2 aromatic rings. The summed E-state index contributed by atoms with van der Waals surface area (Å²) in [5.74, 6) is 0.252. The first-order valence-corrected chi connectivity index (χ1v) is 5.68. The maximum Gasteiger partial charge on any atom is 0.272 e. The normalized spacial score (nSPS) is 10.2. The second-order valence-electron chi connectivity index (χ2n) is 4.12. The Balaban J connectivity index is 2.06. The maximum absolute atomic E-state index is 12.7. The molecule has 2 aromatic carbocycles. The molecular formula is C14H12FNO3. The maximum atomic E-state index is 12.7. The van der Waals surface area contributed by atoms with E-state index in [1.807, 2.05) is 0 Å². The molecule has 0 fully saturated rings. The Morgan fingerprint density at radius 2 is 1.89 bits per heavy atom. The number of benzene rings is 2. The van der Waals surface area contributed by atoms with Gasteiger partial charge in [-0.1, -0.05) is 12.1 Å². The van der Waals surface area contributed by atoms with Gasteiger partial charge in [-0.2, -0.15) is 0 Å². The molecule has 0 bridgehead atoms. The summed E-state index contributed by atoms with van der Waals surface area (Å²) in [5, 5.41) is 10.7. The lowest BCUT2D eigenvalue weighted by Crippen LogP contribution is -1.97. The molecule has 0 N–H and O–H groups in total. The topological polar surface area (TPSA) is 52.4 Å². The van der Waals surface area contributed by atoms with Crippen LogP contribution in [0.1, 0.15) is 11.1 Å². The minimum Gasteiger partial charge on any atom is -0.489 e. The summed E-state index contributed by atoms with van der Waals surface area (Å²) in [6.07, 6.45) is 0. The Labute approximate surface area is 109 Å². The van der Waals surface area contributed by atoms with E-state index in [1.165, 1.54) is 18.2 Å². The number of nitrogens with zero attached hydrogens (tertiary/aromatic N) is 1. The van der Waals surface area contributed by atoms with E-state index in [9.17, 15) is 14.5 Å². The lowest BCUT2D eigenvalue weighted by atomic mass is 10.2. The van der Waals surface area contributed by atoms with Gasteiger partial charge in [0.1, 0.15) is 18.2 Å². The van der Waals surface area contributed by atoms with E-state index in [2.05, 4.69) is 0 Å². The van der Waals surface area contributed by atoms with Crippen LogP contribution in [0.15, 0.2) is 42.5 Å². The number of aryl methyl sites for hydroxylation is 1. The van der Waals surface area contributed by atoms with Crippen molar-refractivity contribution in [2.75, 3.05) is 0 Å². The molecule has 0 spiro atoms. The predicted octanol–water partition coefficient (Wildman–Crippen LogP) is 3.62. The van der Waals surface area contributed by atoms with Crippen molar-refractivity contribution in [3.63, 3.8) is 0 Å². The van der Waals surface area contributed by atoms with Crippen LogP contribution in [0.4, 0.5) is 10.1 Å². The average molecular weight is 261 g/mol. The second kappa shape index (κ2) is 5.48. The van der Waals surface area contributed by atoms with Crippen molar-refractivity contribution in [1.29, 1.82) is 0 Å². The van der Waals surface area contributed by atoms with Crippen LogP contribution in [0.3, 0.4) is 0 Å². The lowest BCUT2D eigenvalue weighted by Gasteiger charge is -2.07. The van der Waals surface area contributed by atoms with E-state index in [0.29, 0.717) is 11.3 Å². The molecule has 0 aliphatic carbocycles. The van der Waals surface area contributed by atoms with Crippen molar-refractivity contribution >= 4 is 5.69 Å². The fourth-order valence-electron chi connectivity index (χ4n) is 1.67. The molecule has 0 unspecified atom stereocenters. The first-order valence-electron chi connectivity index (χ1n) is 5.68. The molecule has 0 aromatic heterocycles. The van der Waals surface area contributed by atoms with E-state index in [0.717, 1.165) is 5.56 Å². The third kappa shape index (κ3) is 3.28. The Hall–Kier alpha value is -2.43. The number of halogens is 1. The molecule has 0 radical (unpaired) electrons. The van der Waals surface area contributed by atoms with Gasteiger partial charge in [0.25, 0.3) is 5.69 Å². The zero-order valence-corrected chi connectivity index (χ0v) is 10.3. The van der Waals surface area contributed by atoms with Crippen LogP contribution >= 0.6 is 0 Å². The second-order valence-corrected chi connectivity index (χ2v) is 4.12. The highest BCUT2D eigenvalue weighted by molar-refractivity contribution is 5.44. The summed E-state index contributed by atoms with van der Waals surface area (Å²) < 4.78 is 18.2. The van der Waals surface area contributed by atoms with E-state index in [4.69, 9.17) is 4.74 Å². The highest BCUT2D eigenvalue weighted by atomic mass is 19.1. The van der Waals surface area contributed by atoms with Crippen molar-refractivity contribution in [2.45, 2.75) is 13.5 Å². The van der Waals surface area contributed by atoms with Crippen molar-refractivity contribution in [2.24, 2.45) is 0 Å². The summed E-state index contributed by atoms with van der Waals surface area (Å²) in [6, 6.07) is 10.6. The monoisotopic (exact) mass is 261 g/mol. The van der Waals surface area contributed by atoms with Crippen LogP contribution in [-0.4, -0.2) is 4.92 Å². The quantitative estimate of drug-likeness (QED) is 0.624. The molecule has 0 saturated carbocycles. The molecule has 0 saturated heterocycles. The zero-order chi connectivity index (χ0) is 13.8. The van der Waals surface area contributed by atoms with Gasteiger partial charge in [-0.05, 0) is 36.8 Å². The SMILES string of the molecule is Cc1cc(OCc2ccc(F)cc2)ccc1[N+](=O)[O-]. The minimum atomic E-state index is -0.431. The molecule has 0 heterocycles. The fourth-order valence-corrected chi connectivity index (χ4v) is 1.67. The molecule has 2 rings (SSSR count). The summed E-state index contributed by atoms with van der Waals surface area (Å²) in [5.41, 5.74) is 1.44. The Bertz CT molecular complexity index is 596. The van der Waals surface area contributed by atoms with Gasteiger partial charge in [-0.3, -0.25) is 10.1 Å². The fraction of sp³-hybridized carbons (Fsp3) is 0.143. The predicted molar refractivity (Wildman–Crippen MR) is 68.6 cm³/mol. The molecule has 19 heavy (non-hydrogen) atoms. The van der Waals surface area contributed by atoms with Crippen LogP contribution in [0.2, 0.25) is 0 Å². The molecule has 0 aliphatic rings. The van der Waals surface area contributed by atoms with Gasteiger partial charge in [0, 0.05) is 11.6 Å². The molecular weight excluding hydrogens is 249 g/mol. The van der Waals surface area contributed by atoms with Crippen LogP contribution in [-0.2, 0) is 6.61 Å². The van der Waals surface area contributed by atoms with Crippen LogP contribution < -0.4 is 4.74 Å². The minimum absolute atomic E-state index is 0.0640. The van der Waals surface area contributed by atoms with Gasteiger partial charge >= 0.3 is 0 Å². The standard InChI is InChI=1S/C14H12FNO3/c1-10-8-13(6-7-14(10)16(17)18)19-9-11-2-4-12(15)5-3-11/h2-8H,9H2,1H3. The number of ether oxygens (including phenoxy) is 1. The van der Waals surface area contributed by atoms with Crippen LogP contribution in [0.5, 0.6) is 5.75 Å². The lowest BCUT2D eigenvalue weighted by molar-refractivity contribution is -0.385. The summed E-state index contributed by atoms with van der Waals surface area (Å²) in [7, 11) is 0. The summed E-state index contributed by atoms with van der Waals surface area (Å²) in [4.78, 5) is 10.2. The van der Waals surface area contributed by atoms with Gasteiger partial charge in [-0.15, -0.1) is 0 Å². The Morgan fingerprint density at radius 3 is 2.47 bits per heavy atom. The number of hydrogen-bond donors (Lipinski definition) is 0. The van der Waals surface area contributed by atoms with Crippen LogP contribution in [0, 0.1) is 22.9 Å². The molecule has 4 nitrogen and oxygen atoms in total. The highest BCUT2D eigenvalue weighted by Gasteiger charge is 2.10. The number of nitro benzene ring substituents is 1. The largest absolute Gasteiger partial charge is 0.489 e. The highest BCUT2D eigenvalue weighted by Crippen LogP contribution is 2.23. The molecule has 0 aliphatic heterocycles. The van der Waals surface area contributed by atoms with Crippen molar-refractivity contribution in [3.05, 3.63) is 69.5 Å². The Kier molecular flexibility index (Phi) is 3.75. The Morgan fingerprint density at radius 1 is 1.21 bits per heavy atom. The van der Waals surface area contributed by atoms with E-state index in [1.54, 1.807) is 31.2 Å². The number of hydrogen-bond acceptors (Lipinski definition) is 3. The van der Waals surface area contributed by atoms with Gasteiger partial charge in [0.15, 0.2) is 0 Å². The smallest absolute Gasteiger partial charge is 0.272 e. The zero-order valence-electron chi connectivity index (χ0n) is 10.3. The van der Waals surface area contributed by atoms with Gasteiger partial charge < -0.3 is 4.74 Å². The van der Waals surface area contributed by atoms with E-state index < -0.39 is 4.92 Å². The third-order valence-corrected chi connectivity index (χ3v) is 2.68. The first kappa shape index (κ1) is 13.0. The van der Waals surface area contributed by atoms with Gasteiger partial charge in [0.05, 0.1) is 4.92 Å². The molecule has 0 atom stereocenters. The number of nitro groups is 1.